The van der Waals surface area contributed by atoms with Crippen molar-refractivity contribution >= 4 is 22.0 Å². The fraction of sp³-hybridized carbons (Fsp3) is 0.800. The van der Waals surface area contributed by atoms with Crippen LogP contribution in [0, 0.1) is 0 Å². The molecular weight excluding hydrogens is 274 g/mol. The van der Waals surface area contributed by atoms with E-state index in [1.165, 1.54) is 7.05 Å². The molecule has 0 saturated heterocycles. The molecule has 0 rings (SSSR count). The van der Waals surface area contributed by atoms with E-state index in [0.29, 0.717) is 12.8 Å². The molecule has 0 saturated carbocycles. The van der Waals surface area contributed by atoms with Gasteiger partial charge in [-0.25, -0.2) is 22.7 Å². The van der Waals surface area contributed by atoms with E-state index in [4.69, 9.17) is 5.11 Å². The molecule has 9 heteroatoms. The van der Waals surface area contributed by atoms with Crippen LogP contribution in [0.1, 0.15) is 26.2 Å². The lowest BCUT2D eigenvalue weighted by atomic mass is 10.1. The summed E-state index contributed by atoms with van der Waals surface area (Å²) < 4.78 is 24.3. The van der Waals surface area contributed by atoms with Crippen LogP contribution in [-0.4, -0.2) is 50.9 Å². The number of urea groups is 1. The highest BCUT2D eigenvalue weighted by molar-refractivity contribution is 7.89. The van der Waals surface area contributed by atoms with Gasteiger partial charge >= 0.3 is 12.0 Å². The second kappa shape index (κ2) is 8.70. The highest BCUT2D eigenvalue weighted by Gasteiger charge is 2.19. The molecule has 112 valence electrons. The fourth-order valence-corrected chi connectivity index (χ4v) is 1.85. The van der Waals surface area contributed by atoms with Gasteiger partial charge in [0.1, 0.15) is 6.04 Å². The predicted molar refractivity (Wildman–Crippen MR) is 70.3 cm³/mol. The van der Waals surface area contributed by atoms with Gasteiger partial charge in [0.2, 0.25) is 10.0 Å². The van der Waals surface area contributed by atoms with E-state index in [-0.39, 0.29) is 12.3 Å². The molecular formula is C10H21N3O5S. The first-order chi connectivity index (χ1) is 8.82. The predicted octanol–water partition coefficient (Wildman–Crippen LogP) is -0.522. The van der Waals surface area contributed by atoms with Gasteiger partial charge in [-0.3, -0.25) is 0 Å². The summed E-state index contributed by atoms with van der Waals surface area (Å²) in [6, 6.07) is -1.64. The molecule has 4 N–H and O–H groups in total. The molecule has 0 fully saturated rings. The van der Waals surface area contributed by atoms with Gasteiger partial charge in [-0.2, -0.15) is 0 Å². The van der Waals surface area contributed by atoms with Crippen molar-refractivity contribution in [2.75, 3.05) is 19.3 Å². The first-order valence-electron chi connectivity index (χ1n) is 6.00. The van der Waals surface area contributed by atoms with Crippen LogP contribution in [-0.2, 0) is 14.8 Å². The van der Waals surface area contributed by atoms with Crippen molar-refractivity contribution in [1.29, 1.82) is 0 Å². The maximum absolute atomic E-state index is 11.4. The van der Waals surface area contributed by atoms with Crippen LogP contribution in [0.2, 0.25) is 0 Å². The zero-order chi connectivity index (χ0) is 14.9. The molecule has 0 aromatic carbocycles. The summed E-state index contributed by atoms with van der Waals surface area (Å²) >= 11 is 0. The lowest BCUT2D eigenvalue weighted by Gasteiger charge is -2.14. The Bertz CT molecular complexity index is 396. The Kier molecular flexibility index (Phi) is 8.08. The number of rotatable bonds is 9. The van der Waals surface area contributed by atoms with Crippen molar-refractivity contribution in [2.24, 2.45) is 0 Å². The third-order valence-corrected chi connectivity index (χ3v) is 3.78. The number of nitrogens with one attached hydrogen (secondary N) is 3. The summed E-state index contributed by atoms with van der Waals surface area (Å²) in [5.41, 5.74) is 0. The molecule has 0 aromatic heterocycles. The molecule has 0 bridgehead atoms. The normalized spacial score (nSPS) is 12.7. The van der Waals surface area contributed by atoms with E-state index in [0.717, 1.165) is 6.42 Å². The monoisotopic (exact) mass is 295 g/mol. The van der Waals surface area contributed by atoms with Gasteiger partial charge in [0.05, 0.1) is 5.75 Å². The first-order valence-corrected chi connectivity index (χ1v) is 7.66. The number of aliphatic carboxylic acids is 1. The van der Waals surface area contributed by atoms with E-state index in [9.17, 15) is 18.0 Å². The third kappa shape index (κ3) is 8.38. The van der Waals surface area contributed by atoms with Gasteiger partial charge in [0.15, 0.2) is 0 Å². The molecule has 0 heterocycles. The van der Waals surface area contributed by atoms with Crippen LogP contribution in [0.15, 0.2) is 0 Å². The van der Waals surface area contributed by atoms with Crippen molar-refractivity contribution in [3.8, 4) is 0 Å². The Morgan fingerprint density at radius 1 is 1.32 bits per heavy atom. The van der Waals surface area contributed by atoms with Gasteiger partial charge in [-0.05, 0) is 13.5 Å². The van der Waals surface area contributed by atoms with Gasteiger partial charge in [0.25, 0.3) is 0 Å². The number of carboxylic acid groups (broad SMARTS) is 1. The molecule has 0 radical (unpaired) electrons. The van der Waals surface area contributed by atoms with Gasteiger partial charge in [-0.15, -0.1) is 0 Å². The molecule has 0 spiro atoms. The highest BCUT2D eigenvalue weighted by Crippen LogP contribution is 2.00. The minimum atomic E-state index is -3.38. The van der Waals surface area contributed by atoms with Crippen LogP contribution in [0.25, 0.3) is 0 Å². The number of amides is 2. The van der Waals surface area contributed by atoms with Crippen LogP contribution in [0.4, 0.5) is 4.79 Å². The molecule has 19 heavy (non-hydrogen) atoms. The van der Waals surface area contributed by atoms with E-state index >= 15 is 0 Å². The van der Waals surface area contributed by atoms with Crippen LogP contribution in [0.5, 0.6) is 0 Å². The van der Waals surface area contributed by atoms with Crippen LogP contribution < -0.4 is 15.4 Å². The number of sulfonamides is 1. The molecule has 0 aromatic rings. The Morgan fingerprint density at radius 3 is 2.42 bits per heavy atom. The van der Waals surface area contributed by atoms with E-state index < -0.39 is 28.1 Å². The average molecular weight is 295 g/mol. The summed E-state index contributed by atoms with van der Waals surface area (Å²) in [5.74, 6) is -1.37. The Hall–Kier alpha value is -1.35. The van der Waals surface area contributed by atoms with Gasteiger partial charge in [0, 0.05) is 6.54 Å². The molecule has 8 nitrogen and oxygen atoms in total. The van der Waals surface area contributed by atoms with Crippen molar-refractivity contribution in [3.63, 3.8) is 0 Å². The van der Waals surface area contributed by atoms with Gasteiger partial charge in [-0.1, -0.05) is 19.8 Å². The van der Waals surface area contributed by atoms with Crippen LogP contribution in [0.3, 0.4) is 0 Å². The summed E-state index contributed by atoms with van der Waals surface area (Å²) in [4.78, 5) is 22.3. The molecule has 0 aliphatic carbocycles. The Labute approximate surface area is 113 Å². The van der Waals surface area contributed by atoms with Crippen molar-refractivity contribution in [2.45, 2.75) is 32.2 Å². The maximum atomic E-state index is 11.4. The summed E-state index contributed by atoms with van der Waals surface area (Å²) in [5, 5.41) is 13.5. The number of carboxylic acids is 1. The number of carbonyl (C=O) groups excluding carboxylic acids is 1. The number of unbranched alkanes of at least 4 members (excludes halogenated alkanes) is 1. The highest BCUT2D eigenvalue weighted by atomic mass is 32.2. The number of hydrogen-bond acceptors (Lipinski definition) is 4. The Balaban J connectivity index is 4.10. The minimum absolute atomic E-state index is 0.0882. The second-order valence-corrected chi connectivity index (χ2v) is 6.00. The molecule has 1 atom stereocenters. The summed E-state index contributed by atoms with van der Waals surface area (Å²) in [6.07, 6.45) is 1.85. The zero-order valence-corrected chi connectivity index (χ0v) is 11.9. The van der Waals surface area contributed by atoms with Crippen molar-refractivity contribution in [1.82, 2.24) is 15.4 Å². The topological polar surface area (TPSA) is 125 Å². The van der Waals surface area contributed by atoms with Gasteiger partial charge < -0.3 is 15.7 Å². The minimum Gasteiger partial charge on any atom is -0.480 e. The SMILES string of the molecule is CCCCC(NC(=O)NCCS(=O)(=O)NC)C(=O)O. The van der Waals surface area contributed by atoms with E-state index in [1.807, 2.05) is 6.92 Å². The molecule has 2 amide bonds. The zero-order valence-electron chi connectivity index (χ0n) is 11.1. The van der Waals surface area contributed by atoms with Crippen LogP contribution >= 0.6 is 0 Å². The largest absolute Gasteiger partial charge is 0.480 e. The number of carbonyl (C=O) groups is 2. The fourth-order valence-electron chi connectivity index (χ4n) is 1.28. The maximum Gasteiger partial charge on any atom is 0.326 e. The average Bonchev–Trinajstić information content (AvgIpc) is 2.33. The number of hydrogen-bond donors (Lipinski definition) is 4. The second-order valence-electron chi connectivity index (χ2n) is 3.96. The molecule has 1 unspecified atom stereocenters. The quantitative estimate of drug-likeness (QED) is 0.455. The Morgan fingerprint density at radius 2 is 1.95 bits per heavy atom. The third-order valence-electron chi connectivity index (χ3n) is 2.42. The standard InChI is InChI=1S/C10H21N3O5S/c1-3-4-5-8(9(14)15)13-10(16)12-6-7-19(17,18)11-2/h8,11H,3-7H2,1-2H3,(H,14,15)(H2,12,13,16). The summed E-state index contributed by atoms with van der Waals surface area (Å²) in [7, 11) is -2.10. The van der Waals surface area contributed by atoms with E-state index in [2.05, 4.69) is 15.4 Å². The first kappa shape index (κ1) is 17.6. The van der Waals surface area contributed by atoms with E-state index in [1.54, 1.807) is 0 Å². The molecule has 0 aliphatic heterocycles. The lowest BCUT2D eigenvalue weighted by molar-refractivity contribution is -0.139. The lowest BCUT2D eigenvalue weighted by Crippen LogP contribution is -2.47. The smallest absolute Gasteiger partial charge is 0.326 e. The van der Waals surface area contributed by atoms with Crippen molar-refractivity contribution in [3.05, 3.63) is 0 Å². The summed E-state index contributed by atoms with van der Waals surface area (Å²) in [6.45, 7) is 1.83. The molecule has 0 aliphatic rings. The van der Waals surface area contributed by atoms with Crippen molar-refractivity contribution < 1.29 is 23.1 Å².